The van der Waals surface area contributed by atoms with Gasteiger partial charge in [-0.25, -0.2) is 4.79 Å². The summed E-state index contributed by atoms with van der Waals surface area (Å²) in [5, 5.41) is 12.1. The Morgan fingerprint density at radius 3 is 2.53 bits per heavy atom. The van der Waals surface area contributed by atoms with E-state index in [4.69, 9.17) is 9.47 Å². The number of fused-ring (bicyclic) bond motifs is 1. The number of ether oxygens (including phenoxy) is 2. The fourth-order valence-electron chi connectivity index (χ4n) is 7.35. The molecule has 9 atom stereocenters. The maximum Gasteiger partial charge on any atom is 0.410 e. The summed E-state index contributed by atoms with van der Waals surface area (Å²) >= 11 is 0. The predicted octanol–water partition coefficient (Wildman–Crippen LogP) is 3.51. The molecule has 0 bridgehead atoms. The number of aromatic nitrogens is 4. The van der Waals surface area contributed by atoms with E-state index >= 15 is 0 Å². The minimum absolute atomic E-state index is 0.00141. The van der Waals surface area contributed by atoms with Crippen molar-refractivity contribution >= 4 is 32.0 Å². The van der Waals surface area contributed by atoms with Gasteiger partial charge in [-0.05, 0) is 77.0 Å². The molecular formula is C34H51BN6O6. The van der Waals surface area contributed by atoms with Crippen LogP contribution in [0.25, 0.3) is 11.4 Å². The largest absolute Gasteiger partial charge is 0.458 e. The monoisotopic (exact) mass is 650 g/mol. The molecule has 13 heteroatoms. The number of unbranched alkanes of at least 4 members (excludes halogenated alkanes) is 1. The van der Waals surface area contributed by atoms with E-state index in [1.165, 1.54) is 0 Å². The van der Waals surface area contributed by atoms with Crippen molar-refractivity contribution in [1.82, 2.24) is 30.2 Å². The second kappa shape index (κ2) is 16.0. The van der Waals surface area contributed by atoms with Gasteiger partial charge >= 0.3 is 12.1 Å². The summed E-state index contributed by atoms with van der Waals surface area (Å²) in [6.45, 7) is 13.0. The van der Waals surface area contributed by atoms with Crippen molar-refractivity contribution in [3.05, 3.63) is 30.6 Å². The zero-order valence-electron chi connectivity index (χ0n) is 28.9. The molecular weight excluding hydrogens is 599 g/mol. The quantitative estimate of drug-likeness (QED) is 0.141. The molecule has 2 aromatic rings. The zero-order valence-corrected chi connectivity index (χ0v) is 28.9. The van der Waals surface area contributed by atoms with E-state index in [2.05, 4.69) is 27.5 Å². The third kappa shape index (κ3) is 8.28. The van der Waals surface area contributed by atoms with E-state index in [1.807, 2.05) is 59.9 Å². The number of hydrogen-bond acceptors (Lipinski definition) is 10. The maximum atomic E-state index is 13.5. The number of esters is 1. The van der Waals surface area contributed by atoms with E-state index in [-0.39, 0.29) is 29.5 Å². The van der Waals surface area contributed by atoms with Crippen molar-refractivity contribution < 1.29 is 28.7 Å². The molecule has 12 nitrogen and oxygen atoms in total. The molecule has 0 unspecified atom stereocenters. The topological polar surface area (TPSA) is 146 Å². The number of nitrogens with zero attached hydrogens (tertiary/aromatic N) is 5. The fraction of sp³-hybridized carbons (Fsp3) is 0.676. The number of carbonyl (C=O) groups is 4. The first kappa shape index (κ1) is 36.2. The molecule has 0 aromatic carbocycles. The van der Waals surface area contributed by atoms with Gasteiger partial charge in [0.25, 0.3) is 0 Å². The molecule has 0 aliphatic carbocycles. The summed E-state index contributed by atoms with van der Waals surface area (Å²) in [7, 11) is 2.00. The minimum atomic E-state index is -1.15. The molecule has 0 saturated carbocycles. The first-order valence-electron chi connectivity index (χ1n) is 17.1. The van der Waals surface area contributed by atoms with Crippen LogP contribution in [0.4, 0.5) is 4.79 Å². The Labute approximate surface area is 279 Å². The van der Waals surface area contributed by atoms with Gasteiger partial charge in [0.05, 0.1) is 17.9 Å². The average Bonchev–Trinajstić information content (AvgIpc) is 3.64. The summed E-state index contributed by atoms with van der Waals surface area (Å²) in [6.07, 6.45) is 6.24. The van der Waals surface area contributed by atoms with Crippen LogP contribution in [0.2, 0.25) is 5.82 Å². The van der Waals surface area contributed by atoms with Crippen LogP contribution in [0, 0.1) is 23.7 Å². The molecule has 4 rings (SSSR count). The summed E-state index contributed by atoms with van der Waals surface area (Å²) < 4.78 is 14.0. The van der Waals surface area contributed by atoms with Crippen LogP contribution in [0.15, 0.2) is 30.6 Å². The number of aryl methyl sites for hydroxylation is 1. The van der Waals surface area contributed by atoms with Gasteiger partial charge in [0.1, 0.15) is 37.6 Å². The van der Waals surface area contributed by atoms with Gasteiger partial charge in [0.2, 0.25) is 0 Å². The number of cyclic esters (lactones) is 1. The van der Waals surface area contributed by atoms with Crippen LogP contribution < -0.4 is 5.32 Å². The second-order valence-corrected chi connectivity index (χ2v) is 13.8. The van der Waals surface area contributed by atoms with Crippen molar-refractivity contribution in [2.24, 2.45) is 23.7 Å². The van der Waals surface area contributed by atoms with E-state index in [1.54, 1.807) is 22.7 Å². The molecule has 0 spiro atoms. The van der Waals surface area contributed by atoms with Crippen molar-refractivity contribution in [1.29, 1.82) is 0 Å². The molecule has 47 heavy (non-hydrogen) atoms. The van der Waals surface area contributed by atoms with Crippen LogP contribution >= 0.6 is 0 Å². The lowest BCUT2D eigenvalue weighted by Crippen LogP contribution is -2.60. The van der Waals surface area contributed by atoms with Crippen LogP contribution in [-0.4, -0.2) is 93.7 Å². The highest BCUT2D eigenvalue weighted by molar-refractivity contribution is 6.15. The first-order valence-corrected chi connectivity index (χ1v) is 17.1. The number of ketones is 1. The highest BCUT2D eigenvalue weighted by atomic mass is 16.6. The molecule has 1 N–H and O–H groups in total. The highest BCUT2D eigenvalue weighted by Crippen LogP contribution is 2.39. The number of hydrogen-bond donors (Lipinski definition) is 1. The van der Waals surface area contributed by atoms with Gasteiger partial charge in [0.15, 0.2) is 5.60 Å². The molecule has 2 saturated heterocycles. The number of amides is 1. The van der Waals surface area contributed by atoms with E-state index in [0.717, 1.165) is 24.8 Å². The Balaban J connectivity index is 1.53. The van der Waals surface area contributed by atoms with Gasteiger partial charge in [-0.15, -0.1) is 5.10 Å². The van der Waals surface area contributed by atoms with Crippen molar-refractivity contribution in [3.63, 3.8) is 0 Å². The number of nitrogens with one attached hydrogen (secondary N) is 1. The van der Waals surface area contributed by atoms with E-state index in [9.17, 15) is 19.2 Å². The molecule has 2 aromatic heterocycles. The number of Topliss-reactive ketones (excluding diaryl/α,β-unsaturated/α-hetero) is 1. The summed E-state index contributed by atoms with van der Waals surface area (Å²) in [5.74, 6) is -2.11. The van der Waals surface area contributed by atoms with Crippen LogP contribution in [-0.2, 0) is 30.4 Å². The fourth-order valence-corrected chi connectivity index (χ4v) is 7.35. The maximum absolute atomic E-state index is 13.5. The Bertz CT molecular complexity index is 1380. The van der Waals surface area contributed by atoms with E-state index in [0.29, 0.717) is 44.6 Å². The number of aldehydes is 1. The Morgan fingerprint density at radius 2 is 1.85 bits per heavy atom. The first-order chi connectivity index (χ1) is 22.4. The van der Waals surface area contributed by atoms with E-state index < -0.39 is 41.6 Å². The van der Waals surface area contributed by atoms with Crippen LogP contribution in [0.5, 0.6) is 0 Å². The van der Waals surface area contributed by atoms with Gasteiger partial charge < -0.3 is 19.6 Å². The lowest BCUT2D eigenvalue weighted by atomic mass is 9.63. The number of pyridine rings is 1. The third-order valence-corrected chi connectivity index (χ3v) is 10.4. The van der Waals surface area contributed by atoms with Crippen molar-refractivity contribution in [2.75, 3.05) is 13.1 Å². The number of rotatable bonds is 9. The second-order valence-electron chi connectivity index (χ2n) is 13.8. The van der Waals surface area contributed by atoms with Gasteiger partial charge in [-0.1, -0.05) is 37.9 Å². The lowest BCUT2D eigenvalue weighted by molar-refractivity contribution is -0.170. The molecule has 4 heterocycles. The lowest BCUT2D eigenvalue weighted by Gasteiger charge is -2.40. The standard InChI is InChI=1S/C34H51BN6O6/c1-7-28-34(6)31(41(33(45)47-34)16-11-10-15-40-20-27(38-39-40)26-12-8-9-14-36-26)24(5)37-19-21(2)18-25(13-17-42)29(35)22(3)30(43)23(4)32(44)46-28/h8-9,12,14,17,20-25,28-29,31,37H,7,10-11,13,15-16,18-19,35H2,1-6H3/t21-,22-,23-,24-,25+,28-,29-,31-,34-/m1/s1. The molecule has 2 aliphatic heterocycles. The molecule has 2 fully saturated rings. The van der Waals surface area contributed by atoms with Gasteiger partial charge in [-0.2, -0.15) is 0 Å². The Morgan fingerprint density at radius 1 is 1.11 bits per heavy atom. The van der Waals surface area contributed by atoms with Crippen LogP contribution in [0.3, 0.4) is 0 Å². The smallest absolute Gasteiger partial charge is 0.410 e. The third-order valence-electron chi connectivity index (χ3n) is 10.4. The van der Waals surface area contributed by atoms with Gasteiger partial charge in [0, 0.05) is 37.7 Å². The van der Waals surface area contributed by atoms with Gasteiger partial charge in [-0.3, -0.25) is 24.2 Å². The zero-order chi connectivity index (χ0) is 34.3. The molecule has 1 amide bonds. The predicted molar refractivity (Wildman–Crippen MR) is 179 cm³/mol. The Hall–Kier alpha value is -3.61. The summed E-state index contributed by atoms with van der Waals surface area (Å²) in [6, 6.07) is 5.00. The SMILES string of the molecule is B[C@H]1[C@@H](CC=O)C[C@@H](C)CN[C@H](C)[C@H]2N(CCCCn3cc(-c4ccccn4)nn3)C(=O)O[C@]2(C)[C@@H](CC)OC(=O)[C@H](C)C(=O)[C@@H]1C. The molecule has 2 aliphatic rings. The molecule has 0 radical (unpaired) electrons. The average molecular weight is 651 g/mol. The minimum Gasteiger partial charge on any atom is -0.458 e. The number of carbonyl (C=O) groups excluding carboxylic acids is 4. The molecule has 256 valence electrons. The Kier molecular flexibility index (Phi) is 12.3. The summed E-state index contributed by atoms with van der Waals surface area (Å²) in [5.41, 5.74) is 0.306. The normalized spacial score (nSPS) is 32.6. The van der Waals surface area contributed by atoms with Crippen molar-refractivity contribution in [3.8, 4) is 11.4 Å². The van der Waals surface area contributed by atoms with Crippen molar-refractivity contribution in [2.45, 2.75) is 110 Å². The van der Waals surface area contributed by atoms with Crippen LogP contribution in [0.1, 0.15) is 73.6 Å². The highest BCUT2D eigenvalue weighted by Gasteiger charge is 2.58. The summed E-state index contributed by atoms with van der Waals surface area (Å²) in [4.78, 5) is 58.2.